The molecular formula is C60H47N. The van der Waals surface area contributed by atoms with Crippen LogP contribution in [0.25, 0.3) is 66.8 Å². The van der Waals surface area contributed by atoms with Gasteiger partial charge >= 0.3 is 0 Å². The van der Waals surface area contributed by atoms with E-state index >= 15 is 0 Å². The number of anilines is 3. The number of nitrogens with zero attached hydrogens (tertiary/aromatic N) is 1. The minimum Gasteiger partial charge on any atom is -0.309 e. The fraction of sp³-hybridized carbons (Fsp3) is 0.100. The minimum absolute atomic E-state index is 0.0418. The van der Waals surface area contributed by atoms with Gasteiger partial charge < -0.3 is 4.90 Å². The van der Waals surface area contributed by atoms with Gasteiger partial charge in [-0.15, -0.1) is 0 Å². The Bertz CT molecular complexity index is 3130. The van der Waals surface area contributed by atoms with Crippen molar-refractivity contribution < 1.29 is 0 Å². The summed E-state index contributed by atoms with van der Waals surface area (Å²) in [5.41, 5.74) is 23.6. The van der Waals surface area contributed by atoms with Crippen molar-refractivity contribution in [1.82, 2.24) is 0 Å². The molecule has 9 aromatic carbocycles. The molecule has 9 aromatic rings. The number of hydrogen-bond donors (Lipinski definition) is 0. The van der Waals surface area contributed by atoms with Crippen molar-refractivity contribution in [3.8, 4) is 66.8 Å². The third kappa shape index (κ3) is 5.91. The van der Waals surface area contributed by atoms with Crippen molar-refractivity contribution in [3.63, 3.8) is 0 Å². The number of para-hydroxylation sites is 1. The molecule has 2 aliphatic rings. The molecular weight excluding hydrogens is 735 g/mol. The molecule has 2 aliphatic carbocycles. The summed E-state index contributed by atoms with van der Waals surface area (Å²) in [5.74, 6) is 0. The predicted octanol–water partition coefficient (Wildman–Crippen LogP) is 16.4. The molecule has 0 aliphatic heterocycles. The zero-order valence-electron chi connectivity index (χ0n) is 35.2. The van der Waals surface area contributed by atoms with Gasteiger partial charge in [0.05, 0.1) is 11.4 Å². The quantitative estimate of drug-likeness (QED) is 0.156. The van der Waals surface area contributed by atoms with E-state index in [9.17, 15) is 0 Å². The fourth-order valence-corrected chi connectivity index (χ4v) is 10.4. The summed E-state index contributed by atoms with van der Waals surface area (Å²) in [7, 11) is 0. The zero-order valence-corrected chi connectivity index (χ0v) is 35.2. The van der Waals surface area contributed by atoms with Crippen molar-refractivity contribution >= 4 is 17.1 Å². The standard InChI is InChI=1S/C60H47N/c1-59(2)52-29-14-11-25-46(52)51-39-44(33-35-54(51)59)42-23-17-24-45(37-42)61(57-36-34-43(40-19-7-5-8-20-40)38-50(57)41-21-9-6-10-22-41)56-32-16-13-26-47(56)48-28-18-31-55-58(48)49-27-12-15-30-53(49)60(55,3)4/h5-39H,1-4H3. The van der Waals surface area contributed by atoms with E-state index in [-0.39, 0.29) is 10.8 Å². The van der Waals surface area contributed by atoms with Crippen molar-refractivity contribution in [2.75, 3.05) is 4.90 Å². The van der Waals surface area contributed by atoms with Crippen LogP contribution in [-0.2, 0) is 10.8 Å². The van der Waals surface area contributed by atoms with E-state index in [0.29, 0.717) is 0 Å². The maximum absolute atomic E-state index is 2.51. The second-order valence-corrected chi connectivity index (χ2v) is 17.7. The van der Waals surface area contributed by atoms with Gasteiger partial charge in [-0.3, -0.25) is 0 Å². The number of rotatable bonds is 7. The van der Waals surface area contributed by atoms with Gasteiger partial charge in [0.1, 0.15) is 0 Å². The first-order valence-corrected chi connectivity index (χ1v) is 21.5. The third-order valence-electron chi connectivity index (χ3n) is 13.5. The van der Waals surface area contributed by atoms with E-state index in [1.54, 1.807) is 0 Å². The summed E-state index contributed by atoms with van der Waals surface area (Å²) >= 11 is 0. The van der Waals surface area contributed by atoms with E-state index < -0.39 is 0 Å². The molecule has 0 saturated heterocycles. The lowest BCUT2D eigenvalue weighted by Gasteiger charge is -2.31. The topological polar surface area (TPSA) is 3.24 Å². The molecule has 1 heteroatoms. The Morgan fingerprint density at radius 2 is 0.754 bits per heavy atom. The van der Waals surface area contributed by atoms with Crippen LogP contribution >= 0.6 is 0 Å². The highest BCUT2D eigenvalue weighted by atomic mass is 15.1. The molecule has 0 radical (unpaired) electrons. The lowest BCUT2D eigenvalue weighted by atomic mass is 9.82. The van der Waals surface area contributed by atoms with Crippen LogP contribution in [0.1, 0.15) is 49.9 Å². The molecule has 0 unspecified atom stereocenters. The van der Waals surface area contributed by atoms with Gasteiger partial charge in [-0.25, -0.2) is 0 Å². The Labute approximate surface area is 360 Å². The largest absolute Gasteiger partial charge is 0.309 e. The number of fused-ring (bicyclic) bond motifs is 6. The molecule has 292 valence electrons. The molecule has 0 aromatic heterocycles. The predicted molar refractivity (Wildman–Crippen MR) is 258 cm³/mol. The van der Waals surface area contributed by atoms with Crippen molar-refractivity contribution in [1.29, 1.82) is 0 Å². The Kier molecular flexibility index (Phi) is 8.58. The first-order chi connectivity index (χ1) is 29.8. The first-order valence-electron chi connectivity index (χ1n) is 21.5. The molecule has 0 amide bonds. The average Bonchev–Trinajstić information content (AvgIpc) is 3.69. The van der Waals surface area contributed by atoms with E-state index in [4.69, 9.17) is 0 Å². The Morgan fingerprint density at radius 1 is 0.279 bits per heavy atom. The summed E-state index contributed by atoms with van der Waals surface area (Å²) in [6, 6.07) is 78.6. The van der Waals surface area contributed by atoms with Crippen LogP contribution in [0.2, 0.25) is 0 Å². The summed E-state index contributed by atoms with van der Waals surface area (Å²) in [6.45, 7) is 9.43. The number of benzene rings is 9. The van der Waals surface area contributed by atoms with E-state index in [0.717, 1.165) is 17.1 Å². The van der Waals surface area contributed by atoms with E-state index in [1.807, 2.05) is 0 Å². The Balaban J connectivity index is 1.15. The summed E-state index contributed by atoms with van der Waals surface area (Å²) in [6.07, 6.45) is 0. The maximum atomic E-state index is 2.51. The smallest absolute Gasteiger partial charge is 0.0540 e. The van der Waals surface area contributed by atoms with Gasteiger partial charge in [-0.2, -0.15) is 0 Å². The monoisotopic (exact) mass is 781 g/mol. The molecule has 0 N–H and O–H groups in total. The number of hydrogen-bond acceptors (Lipinski definition) is 1. The zero-order chi connectivity index (χ0) is 41.3. The van der Waals surface area contributed by atoms with Crippen molar-refractivity contribution in [2.45, 2.75) is 38.5 Å². The van der Waals surface area contributed by atoms with Crippen LogP contribution in [0.3, 0.4) is 0 Å². The Hall–Kier alpha value is -7.22. The highest BCUT2D eigenvalue weighted by Crippen LogP contribution is 2.55. The fourth-order valence-electron chi connectivity index (χ4n) is 10.4. The second kappa shape index (κ2) is 14.2. The van der Waals surface area contributed by atoms with Crippen LogP contribution in [0.4, 0.5) is 17.1 Å². The minimum atomic E-state index is -0.107. The van der Waals surface area contributed by atoms with Crippen molar-refractivity contribution in [3.05, 3.63) is 235 Å². The van der Waals surface area contributed by atoms with Crippen LogP contribution in [-0.4, -0.2) is 0 Å². The van der Waals surface area contributed by atoms with Gasteiger partial charge in [0.15, 0.2) is 0 Å². The molecule has 0 saturated carbocycles. The maximum Gasteiger partial charge on any atom is 0.0540 e. The second-order valence-electron chi connectivity index (χ2n) is 17.7. The van der Waals surface area contributed by atoms with Crippen LogP contribution in [0, 0.1) is 0 Å². The molecule has 0 bridgehead atoms. The van der Waals surface area contributed by atoms with Gasteiger partial charge in [0.25, 0.3) is 0 Å². The van der Waals surface area contributed by atoms with E-state index in [1.165, 1.54) is 89.0 Å². The SMILES string of the molecule is CC1(C)c2ccccc2-c2cc(-c3cccc(N(c4ccc(-c5ccccc5)cc4-c4ccccc4)c4ccccc4-c4cccc5c4-c4ccccc4C5(C)C)c3)ccc21. The third-order valence-corrected chi connectivity index (χ3v) is 13.5. The highest BCUT2D eigenvalue weighted by Gasteiger charge is 2.38. The average molecular weight is 782 g/mol. The van der Waals surface area contributed by atoms with E-state index in [2.05, 4.69) is 245 Å². The summed E-state index contributed by atoms with van der Waals surface area (Å²) in [4.78, 5) is 2.51. The molecule has 11 rings (SSSR count). The molecule has 0 spiro atoms. The molecule has 0 atom stereocenters. The van der Waals surface area contributed by atoms with Gasteiger partial charge in [-0.05, 0) is 114 Å². The van der Waals surface area contributed by atoms with Crippen LogP contribution in [0.15, 0.2) is 212 Å². The Morgan fingerprint density at radius 3 is 1.52 bits per heavy atom. The highest BCUT2D eigenvalue weighted by molar-refractivity contribution is 6.00. The normalized spacial score (nSPS) is 13.8. The molecule has 0 fully saturated rings. The van der Waals surface area contributed by atoms with Gasteiger partial charge in [0, 0.05) is 27.6 Å². The summed E-state index contributed by atoms with van der Waals surface area (Å²) < 4.78 is 0. The lowest BCUT2D eigenvalue weighted by Crippen LogP contribution is -2.15. The molecule has 1 nitrogen and oxygen atoms in total. The van der Waals surface area contributed by atoms with Crippen molar-refractivity contribution in [2.24, 2.45) is 0 Å². The van der Waals surface area contributed by atoms with Crippen LogP contribution < -0.4 is 4.90 Å². The van der Waals surface area contributed by atoms with Gasteiger partial charge in [0.2, 0.25) is 0 Å². The van der Waals surface area contributed by atoms with Gasteiger partial charge in [-0.1, -0.05) is 204 Å². The first kappa shape index (κ1) is 36.8. The lowest BCUT2D eigenvalue weighted by molar-refractivity contribution is 0.660. The molecule has 61 heavy (non-hydrogen) atoms. The molecule has 0 heterocycles. The van der Waals surface area contributed by atoms with Crippen LogP contribution in [0.5, 0.6) is 0 Å². The summed E-state index contributed by atoms with van der Waals surface area (Å²) in [5, 5.41) is 0.